The van der Waals surface area contributed by atoms with E-state index >= 15 is 0 Å². The monoisotopic (exact) mass is 416 g/mol. The van der Waals surface area contributed by atoms with E-state index in [1.54, 1.807) is 17.0 Å². The smallest absolute Gasteiger partial charge is 0.387 e. The average Bonchev–Trinajstić information content (AvgIpc) is 2.74. The molecule has 1 aliphatic heterocycles. The van der Waals surface area contributed by atoms with Crippen molar-refractivity contribution in [2.75, 3.05) is 13.1 Å². The van der Waals surface area contributed by atoms with Gasteiger partial charge < -0.3 is 15.0 Å². The molecule has 1 fully saturated rings. The largest absolute Gasteiger partial charge is 0.435 e. The van der Waals surface area contributed by atoms with Crippen LogP contribution in [-0.4, -0.2) is 42.5 Å². The maximum atomic E-state index is 12.5. The molecule has 1 saturated heterocycles. The van der Waals surface area contributed by atoms with E-state index < -0.39 is 6.61 Å². The molecule has 0 saturated carbocycles. The van der Waals surface area contributed by atoms with Crippen LogP contribution in [0.4, 0.5) is 8.78 Å². The molecule has 0 unspecified atom stereocenters. The third kappa shape index (κ3) is 6.83. The first-order valence-electron chi connectivity index (χ1n) is 10.1. The number of hydrogen-bond acceptors (Lipinski definition) is 3. The van der Waals surface area contributed by atoms with E-state index in [0.29, 0.717) is 25.9 Å². The van der Waals surface area contributed by atoms with Crippen molar-refractivity contribution in [2.45, 2.75) is 44.8 Å². The number of likely N-dealkylation sites (tertiary alicyclic amines) is 1. The second-order valence-corrected chi connectivity index (χ2v) is 7.41. The van der Waals surface area contributed by atoms with Crippen molar-refractivity contribution >= 4 is 11.8 Å². The van der Waals surface area contributed by atoms with Crippen LogP contribution in [0, 0.1) is 0 Å². The van der Waals surface area contributed by atoms with Crippen molar-refractivity contribution in [3.8, 4) is 5.75 Å². The number of alkyl halides is 2. The molecule has 1 N–H and O–H groups in total. The van der Waals surface area contributed by atoms with Crippen molar-refractivity contribution in [1.82, 2.24) is 10.2 Å². The third-order valence-electron chi connectivity index (χ3n) is 5.20. The van der Waals surface area contributed by atoms with Gasteiger partial charge in [0.2, 0.25) is 11.8 Å². The van der Waals surface area contributed by atoms with E-state index in [-0.39, 0.29) is 30.0 Å². The first kappa shape index (κ1) is 21.7. The van der Waals surface area contributed by atoms with E-state index in [9.17, 15) is 18.4 Å². The Kier molecular flexibility index (Phi) is 7.76. The fourth-order valence-corrected chi connectivity index (χ4v) is 3.55. The van der Waals surface area contributed by atoms with Gasteiger partial charge in [0, 0.05) is 25.6 Å². The van der Waals surface area contributed by atoms with Crippen LogP contribution < -0.4 is 10.1 Å². The Hall–Kier alpha value is -2.96. The van der Waals surface area contributed by atoms with Gasteiger partial charge in [-0.2, -0.15) is 8.78 Å². The second kappa shape index (κ2) is 10.7. The third-order valence-corrected chi connectivity index (χ3v) is 5.20. The summed E-state index contributed by atoms with van der Waals surface area (Å²) in [4.78, 5) is 26.5. The van der Waals surface area contributed by atoms with Crippen molar-refractivity contribution in [3.63, 3.8) is 0 Å². The highest BCUT2D eigenvalue weighted by Crippen LogP contribution is 2.17. The fourth-order valence-electron chi connectivity index (χ4n) is 3.55. The van der Waals surface area contributed by atoms with Gasteiger partial charge in [-0.15, -0.1) is 0 Å². The van der Waals surface area contributed by atoms with Gasteiger partial charge in [-0.3, -0.25) is 9.59 Å². The molecule has 2 aromatic rings. The Morgan fingerprint density at radius 3 is 2.30 bits per heavy atom. The van der Waals surface area contributed by atoms with E-state index in [0.717, 1.165) is 24.0 Å². The van der Waals surface area contributed by atoms with Gasteiger partial charge in [-0.25, -0.2) is 0 Å². The van der Waals surface area contributed by atoms with Crippen LogP contribution in [0.3, 0.4) is 0 Å². The Bertz CT molecular complexity index is 820. The zero-order valence-electron chi connectivity index (χ0n) is 16.7. The number of aryl methyl sites for hydroxylation is 1. The van der Waals surface area contributed by atoms with Crippen LogP contribution >= 0.6 is 0 Å². The Labute approximate surface area is 175 Å². The number of amides is 2. The fraction of sp³-hybridized carbons (Fsp3) is 0.391. The normalized spacial score (nSPS) is 14.6. The lowest BCUT2D eigenvalue weighted by Gasteiger charge is -2.32. The lowest BCUT2D eigenvalue weighted by molar-refractivity contribution is -0.131. The molecular weight excluding hydrogens is 390 g/mol. The van der Waals surface area contributed by atoms with Crippen molar-refractivity contribution in [1.29, 1.82) is 0 Å². The summed E-state index contributed by atoms with van der Waals surface area (Å²) in [5.41, 5.74) is 1.89. The number of halogens is 2. The molecule has 1 aliphatic rings. The summed E-state index contributed by atoms with van der Waals surface area (Å²) in [6, 6.07) is 16.1. The standard InChI is InChI=1S/C23H26F2N2O3/c24-23(25)30-20-9-6-18(7-10-20)16-22(29)27-14-12-19(13-15-27)26-21(28)11-8-17-4-2-1-3-5-17/h1-7,9-10,19,23H,8,11-16H2,(H,26,28). The molecule has 0 aromatic heterocycles. The number of carbonyl (C=O) groups excluding carboxylic acids is 2. The van der Waals surface area contributed by atoms with Gasteiger partial charge >= 0.3 is 6.61 Å². The SMILES string of the molecule is O=C(CCc1ccccc1)NC1CCN(C(=O)Cc2ccc(OC(F)F)cc2)CC1. The van der Waals surface area contributed by atoms with Gasteiger partial charge in [0.1, 0.15) is 5.75 Å². The predicted molar refractivity (Wildman–Crippen MR) is 109 cm³/mol. The number of piperidine rings is 1. The number of carbonyl (C=O) groups is 2. The molecule has 160 valence electrons. The number of rotatable bonds is 8. The molecule has 0 bridgehead atoms. The first-order valence-corrected chi connectivity index (χ1v) is 10.1. The molecule has 1 heterocycles. The van der Waals surface area contributed by atoms with Crippen LogP contribution in [0.5, 0.6) is 5.75 Å². The minimum absolute atomic E-state index is 0.00798. The highest BCUT2D eigenvalue weighted by molar-refractivity contribution is 5.79. The molecule has 5 nitrogen and oxygen atoms in total. The van der Waals surface area contributed by atoms with E-state index in [1.165, 1.54) is 12.1 Å². The van der Waals surface area contributed by atoms with Crippen molar-refractivity contribution < 1.29 is 23.1 Å². The molecule has 0 radical (unpaired) electrons. The van der Waals surface area contributed by atoms with Crippen LogP contribution in [0.25, 0.3) is 0 Å². The summed E-state index contributed by atoms with van der Waals surface area (Å²) >= 11 is 0. The highest BCUT2D eigenvalue weighted by atomic mass is 19.3. The number of benzene rings is 2. The van der Waals surface area contributed by atoms with Gasteiger partial charge in [0.15, 0.2) is 0 Å². The maximum Gasteiger partial charge on any atom is 0.387 e. The molecule has 0 spiro atoms. The van der Waals surface area contributed by atoms with E-state index in [1.807, 2.05) is 30.3 Å². The minimum Gasteiger partial charge on any atom is -0.435 e. The topological polar surface area (TPSA) is 58.6 Å². The minimum atomic E-state index is -2.86. The van der Waals surface area contributed by atoms with Crippen molar-refractivity contribution in [3.05, 3.63) is 65.7 Å². The summed E-state index contributed by atoms with van der Waals surface area (Å²) in [7, 11) is 0. The van der Waals surface area contributed by atoms with Gasteiger partial charge in [0.05, 0.1) is 6.42 Å². The van der Waals surface area contributed by atoms with Crippen LogP contribution in [0.1, 0.15) is 30.4 Å². The molecule has 2 aromatic carbocycles. The number of nitrogens with zero attached hydrogens (tertiary/aromatic N) is 1. The van der Waals surface area contributed by atoms with Crippen LogP contribution in [-0.2, 0) is 22.4 Å². The Morgan fingerprint density at radius 2 is 1.67 bits per heavy atom. The van der Waals surface area contributed by atoms with Crippen LogP contribution in [0.2, 0.25) is 0 Å². The summed E-state index contributed by atoms with van der Waals surface area (Å²) in [6.45, 7) is -1.68. The molecule has 3 rings (SSSR count). The van der Waals surface area contributed by atoms with E-state index in [4.69, 9.17) is 0 Å². The summed E-state index contributed by atoms with van der Waals surface area (Å²) in [6.07, 6.45) is 2.83. The van der Waals surface area contributed by atoms with Crippen molar-refractivity contribution in [2.24, 2.45) is 0 Å². The Morgan fingerprint density at radius 1 is 1.00 bits per heavy atom. The molecular formula is C23H26F2N2O3. The lowest BCUT2D eigenvalue weighted by atomic mass is 10.0. The molecule has 30 heavy (non-hydrogen) atoms. The summed E-state index contributed by atoms with van der Waals surface area (Å²) in [5.74, 6) is 0.103. The first-order chi connectivity index (χ1) is 14.5. The Balaban J connectivity index is 1.38. The highest BCUT2D eigenvalue weighted by Gasteiger charge is 2.23. The zero-order valence-corrected chi connectivity index (χ0v) is 16.7. The van der Waals surface area contributed by atoms with Gasteiger partial charge in [-0.05, 0) is 42.5 Å². The second-order valence-electron chi connectivity index (χ2n) is 7.41. The summed E-state index contributed by atoms with van der Waals surface area (Å²) < 4.78 is 28.7. The predicted octanol–water partition coefficient (Wildman–Crippen LogP) is 3.57. The average molecular weight is 416 g/mol. The molecule has 2 amide bonds. The molecule has 7 heteroatoms. The number of hydrogen-bond donors (Lipinski definition) is 1. The van der Waals surface area contributed by atoms with E-state index in [2.05, 4.69) is 10.1 Å². The number of ether oxygens (including phenoxy) is 1. The maximum absolute atomic E-state index is 12.5. The molecule has 0 aliphatic carbocycles. The quantitative estimate of drug-likeness (QED) is 0.716. The molecule has 0 atom stereocenters. The van der Waals surface area contributed by atoms with Gasteiger partial charge in [0.25, 0.3) is 0 Å². The summed E-state index contributed by atoms with van der Waals surface area (Å²) in [5, 5.41) is 3.07. The van der Waals surface area contributed by atoms with Crippen LogP contribution in [0.15, 0.2) is 54.6 Å². The number of nitrogens with one attached hydrogen (secondary N) is 1. The lowest BCUT2D eigenvalue weighted by Crippen LogP contribution is -2.47. The zero-order chi connectivity index (χ0) is 21.3. The van der Waals surface area contributed by atoms with Gasteiger partial charge in [-0.1, -0.05) is 42.5 Å².